The van der Waals surface area contributed by atoms with Gasteiger partial charge in [-0.15, -0.1) is 0 Å². The number of nitrogens with one attached hydrogen (secondary N) is 1. The van der Waals surface area contributed by atoms with Gasteiger partial charge in [-0.25, -0.2) is 8.78 Å². The highest BCUT2D eigenvalue weighted by molar-refractivity contribution is 5.31. The SMILES string of the molecule is COc1cccc(C(F)(F)CC2CCCCN2)c1. The van der Waals surface area contributed by atoms with Crippen molar-refractivity contribution in [2.75, 3.05) is 13.7 Å². The van der Waals surface area contributed by atoms with E-state index in [4.69, 9.17) is 4.74 Å². The Morgan fingerprint density at radius 1 is 1.39 bits per heavy atom. The van der Waals surface area contributed by atoms with Crippen molar-refractivity contribution in [1.82, 2.24) is 5.32 Å². The van der Waals surface area contributed by atoms with Crippen LogP contribution in [0.2, 0.25) is 0 Å². The summed E-state index contributed by atoms with van der Waals surface area (Å²) in [5.41, 5.74) is 0.0363. The summed E-state index contributed by atoms with van der Waals surface area (Å²) in [6.45, 7) is 0.846. The largest absolute Gasteiger partial charge is 0.497 e. The molecule has 1 fully saturated rings. The number of rotatable bonds is 4. The zero-order chi connectivity index (χ0) is 13.0. The maximum absolute atomic E-state index is 14.2. The van der Waals surface area contributed by atoms with E-state index < -0.39 is 5.92 Å². The van der Waals surface area contributed by atoms with Crippen LogP contribution in [-0.2, 0) is 5.92 Å². The lowest BCUT2D eigenvalue weighted by atomic mass is 9.95. The summed E-state index contributed by atoms with van der Waals surface area (Å²) >= 11 is 0. The van der Waals surface area contributed by atoms with Crippen molar-refractivity contribution in [3.63, 3.8) is 0 Å². The number of hydrogen-bond donors (Lipinski definition) is 1. The van der Waals surface area contributed by atoms with Crippen LogP contribution in [0.3, 0.4) is 0 Å². The third-order valence-electron chi connectivity index (χ3n) is 3.41. The van der Waals surface area contributed by atoms with E-state index in [1.54, 1.807) is 12.1 Å². The Morgan fingerprint density at radius 2 is 2.22 bits per heavy atom. The summed E-state index contributed by atoms with van der Waals surface area (Å²) in [7, 11) is 1.49. The molecule has 1 heterocycles. The van der Waals surface area contributed by atoms with Gasteiger partial charge in [0.2, 0.25) is 0 Å². The monoisotopic (exact) mass is 255 g/mol. The molecular formula is C14H19F2NO. The van der Waals surface area contributed by atoms with Crippen LogP contribution in [0.5, 0.6) is 5.75 Å². The van der Waals surface area contributed by atoms with Crippen molar-refractivity contribution in [3.8, 4) is 5.75 Å². The molecule has 0 saturated carbocycles. The number of ether oxygens (including phenoxy) is 1. The lowest BCUT2D eigenvalue weighted by Crippen LogP contribution is -2.37. The second kappa shape index (κ2) is 5.65. The molecule has 1 N–H and O–H groups in total. The van der Waals surface area contributed by atoms with Crippen molar-refractivity contribution in [1.29, 1.82) is 0 Å². The summed E-state index contributed by atoms with van der Waals surface area (Å²) in [6, 6.07) is 6.09. The molecule has 1 aliphatic rings. The van der Waals surface area contributed by atoms with Gasteiger partial charge < -0.3 is 10.1 Å². The van der Waals surface area contributed by atoms with Crippen LogP contribution in [0.15, 0.2) is 24.3 Å². The molecule has 18 heavy (non-hydrogen) atoms. The quantitative estimate of drug-likeness (QED) is 0.891. The second-order valence-corrected chi connectivity index (χ2v) is 4.79. The Balaban J connectivity index is 2.08. The third kappa shape index (κ3) is 3.19. The first-order chi connectivity index (χ1) is 8.62. The Bertz CT molecular complexity index is 389. The Kier molecular flexibility index (Phi) is 4.17. The first kappa shape index (κ1) is 13.3. The van der Waals surface area contributed by atoms with Crippen LogP contribution in [0, 0.1) is 0 Å². The van der Waals surface area contributed by atoms with E-state index in [9.17, 15) is 8.78 Å². The molecular weight excluding hydrogens is 236 g/mol. The molecule has 0 amide bonds. The maximum atomic E-state index is 14.2. The molecule has 4 heteroatoms. The molecule has 1 aromatic carbocycles. The normalized spacial score (nSPS) is 20.7. The average molecular weight is 255 g/mol. The first-order valence-corrected chi connectivity index (χ1v) is 6.37. The Labute approximate surface area is 106 Å². The molecule has 2 nitrogen and oxygen atoms in total. The molecule has 2 rings (SSSR count). The van der Waals surface area contributed by atoms with Gasteiger partial charge >= 0.3 is 0 Å². The van der Waals surface area contributed by atoms with Gasteiger partial charge in [-0.05, 0) is 31.5 Å². The fourth-order valence-electron chi connectivity index (χ4n) is 2.38. The number of piperidine rings is 1. The molecule has 0 aromatic heterocycles. The van der Waals surface area contributed by atoms with E-state index in [1.807, 2.05) is 0 Å². The number of methoxy groups -OCH3 is 1. The molecule has 0 spiro atoms. The molecule has 0 radical (unpaired) electrons. The Morgan fingerprint density at radius 3 is 2.89 bits per heavy atom. The van der Waals surface area contributed by atoms with E-state index in [2.05, 4.69) is 5.32 Å². The number of halogens is 2. The Hall–Kier alpha value is -1.16. The van der Waals surface area contributed by atoms with E-state index in [0.29, 0.717) is 5.75 Å². The highest BCUT2D eigenvalue weighted by atomic mass is 19.3. The van der Waals surface area contributed by atoms with Gasteiger partial charge in [0.05, 0.1) is 7.11 Å². The van der Waals surface area contributed by atoms with Gasteiger partial charge in [0.25, 0.3) is 5.92 Å². The predicted molar refractivity (Wildman–Crippen MR) is 67.1 cm³/mol. The predicted octanol–water partition coefficient (Wildman–Crippen LogP) is 3.32. The van der Waals surface area contributed by atoms with Gasteiger partial charge in [0.15, 0.2) is 0 Å². The molecule has 0 bridgehead atoms. The van der Waals surface area contributed by atoms with Crippen LogP contribution >= 0.6 is 0 Å². The zero-order valence-electron chi connectivity index (χ0n) is 10.6. The van der Waals surface area contributed by atoms with Crippen molar-refractivity contribution < 1.29 is 13.5 Å². The molecule has 100 valence electrons. The highest BCUT2D eigenvalue weighted by Crippen LogP contribution is 2.35. The minimum atomic E-state index is -2.80. The van der Waals surface area contributed by atoms with Crippen LogP contribution in [0.4, 0.5) is 8.78 Å². The van der Waals surface area contributed by atoms with Crippen molar-refractivity contribution >= 4 is 0 Å². The van der Waals surface area contributed by atoms with Gasteiger partial charge in [0, 0.05) is 18.0 Å². The van der Waals surface area contributed by atoms with Crippen LogP contribution in [0.25, 0.3) is 0 Å². The maximum Gasteiger partial charge on any atom is 0.274 e. The van der Waals surface area contributed by atoms with E-state index in [1.165, 1.54) is 19.2 Å². The molecule has 1 atom stereocenters. The average Bonchev–Trinajstić information content (AvgIpc) is 2.39. The molecule has 0 aliphatic carbocycles. The van der Waals surface area contributed by atoms with E-state index in [-0.39, 0.29) is 18.0 Å². The highest BCUT2D eigenvalue weighted by Gasteiger charge is 2.35. The van der Waals surface area contributed by atoms with Crippen molar-refractivity contribution in [2.45, 2.75) is 37.6 Å². The molecule has 1 aliphatic heterocycles. The lowest BCUT2D eigenvalue weighted by molar-refractivity contribution is -0.0254. The molecule has 1 unspecified atom stereocenters. The van der Waals surface area contributed by atoms with Gasteiger partial charge in [0.1, 0.15) is 5.75 Å². The summed E-state index contributed by atoms with van der Waals surface area (Å²) in [5, 5.41) is 3.16. The third-order valence-corrected chi connectivity index (χ3v) is 3.41. The molecule has 1 saturated heterocycles. The van der Waals surface area contributed by atoms with E-state index >= 15 is 0 Å². The summed E-state index contributed by atoms with van der Waals surface area (Å²) in [6.07, 6.45) is 2.81. The van der Waals surface area contributed by atoms with Crippen LogP contribution in [-0.4, -0.2) is 19.7 Å². The van der Waals surface area contributed by atoms with Crippen LogP contribution < -0.4 is 10.1 Å². The van der Waals surface area contributed by atoms with E-state index in [0.717, 1.165) is 25.8 Å². The standard InChI is InChI=1S/C14H19F2NO/c1-18-13-7-4-5-11(9-13)14(15,16)10-12-6-2-3-8-17-12/h4-5,7,9,12,17H,2-3,6,8,10H2,1H3. The first-order valence-electron chi connectivity index (χ1n) is 6.37. The minimum absolute atomic E-state index is 0.0363. The second-order valence-electron chi connectivity index (χ2n) is 4.79. The summed E-state index contributed by atoms with van der Waals surface area (Å²) < 4.78 is 33.3. The summed E-state index contributed by atoms with van der Waals surface area (Å²) in [4.78, 5) is 0. The number of benzene rings is 1. The fraction of sp³-hybridized carbons (Fsp3) is 0.571. The van der Waals surface area contributed by atoms with Crippen molar-refractivity contribution in [3.05, 3.63) is 29.8 Å². The summed E-state index contributed by atoms with van der Waals surface area (Å²) in [5.74, 6) is -2.33. The zero-order valence-corrected chi connectivity index (χ0v) is 10.6. The number of hydrogen-bond acceptors (Lipinski definition) is 2. The van der Waals surface area contributed by atoms with Gasteiger partial charge in [-0.1, -0.05) is 18.6 Å². The molecule has 1 aromatic rings. The van der Waals surface area contributed by atoms with Gasteiger partial charge in [-0.2, -0.15) is 0 Å². The smallest absolute Gasteiger partial charge is 0.274 e. The van der Waals surface area contributed by atoms with Gasteiger partial charge in [-0.3, -0.25) is 0 Å². The minimum Gasteiger partial charge on any atom is -0.497 e. The lowest BCUT2D eigenvalue weighted by Gasteiger charge is -2.27. The van der Waals surface area contributed by atoms with Crippen molar-refractivity contribution in [2.24, 2.45) is 0 Å². The topological polar surface area (TPSA) is 21.3 Å². The van der Waals surface area contributed by atoms with Crippen LogP contribution in [0.1, 0.15) is 31.2 Å². The fourth-order valence-corrected chi connectivity index (χ4v) is 2.38. The number of alkyl halides is 2.